The Morgan fingerprint density at radius 3 is 2.67 bits per heavy atom. The number of piperidine rings is 1. The van der Waals surface area contributed by atoms with Crippen LogP contribution in [0, 0.1) is 5.92 Å². The zero-order valence-electron chi connectivity index (χ0n) is 14.8. The van der Waals surface area contributed by atoms with E-state index in [1.54, 1.807) is 0 Å². The van der Waals surface area contributed by atoms with Crippen LogP contribution in [0.4, 0.5) is 0 Å². The molecule has 1 saturated heterocycles. The first-order valence-corrected chi connectivity index (χ1v) is 9.58. The van der Waals surface area contributed by atoms with Gasteiger partial charge in [0.25, 0.3) is 0 Å². The molecule has 0 bridgehead atoms. The summed E-state index contributed by atoms with van der Waals surface area (Å²) in [4.78, 5) is 19.1. The molecule has 2 heterocycles. The molecule has 0 unspecified atom stereocenters. The molecule has 1 N–H and O–H groups in total. The molecule has 1 aromatic rings. The molecule has 0 radical (unpaired) electrons. The maximum absolute atomic E-state index is 12.3. The van der Waals surface area contributed by atoms with E-state index in [1.165, 1.54) is 19.3 Å². The molecular weight excluding hydrogens is 304 g/mol. The number of aryl methyl sites for hydroxylation is 1. The van der Waals surface area contributed by atoms with Gasteiger partial charge in [-0.1, -0.05) is 31.3 Å². The Morgan fingerprint density at radius 1 is 1.21 bits per heavy atom. The number of aromatic nitrogens is 2. The Hall–Kier alpha value is -1.43. The van der Waals surface area contributed by atoms with Crippen molar-refractivity contribution >= 4 is 5.91 Å². The van der Waals surface area contributed by atoms with E-state index in [2.05, 4.69) is 27.3 Å². The Morgan fingerprint density at radius 2 is 1.96 bits per heavy atom. The van der Waals surface area contributed by atoms with E-state index < -0.39 is 0 Å². The largest absolute Gasteiger partial charge is 0.353 e. The lowest BCUT2D eigenvalue weighted by atomic mass is 9.88. The van der Waals surface area contributed by atoms with Gasteiger partial charge in [0.2, 0.25) is 11.8 Å². The molecule has 0 atom stereocenters. The van der Waals surface area contributed by atoms with Crippen molar-refractivity contribution in [2.75, 3.05) is 13.1 Å². The molecule has 1 aromatic heterocycles. The van der Waals surface area contributed by atoms with Crippen LogP contribution in [0.5, 0.6) is 0 Å². The number of hydrogen-bond donors (Lipinski definition) is 1. The first kappa shape index (κ1) is 17.4. The summed E-state index contributed by atoms with van der Waals surface area (Å²) in [5.74, 6) is 2.06. The standard InChI is InChI=1S/C18H30N4O2/c1-2-6-16-20-17(24-21-16)13-22-11-9-15(10-12-22)19-18(23)14-7-4-3-5-8-14/h14-15H,2-13H2,1H3,(H,19,23). The van der Waals surface area contributed by atoms with Crippen molar-refractivity contribution in [1.82, 2.24) is 20.4 Å². The third kappa shape index (κ3) is 4.79. The lowest BCUT2D eigenvalue weighted by Crippen LogP contribution is -2.46. The quantitative estimate of drug-likeness (QED) is 0.866. The first-order valence-electron chi connectivity index (χ1n) is 9.58. The number of carbonyl (C=O) groups is 1. The van der Waals surface area contributed by atoms with Gasteiger partial charge in [0.05, 0.1) is 6.54 Å². The second kappa shape index (κ2) is 8.60. The Kier molecular flexibility index (Phi) is 6.24. The third-order valence-corrected chi connectivity index (χ3v) is 5.25. The number of hydrogen-bond acceptors (Lipinski definition) is 5. The van der Waals surface area contributed by atoms with Gasteiger partial charge >= 0.3 is 0 Å². The van der Waals surface area contributed by atoms with Gasteiger partial charge in [-0.3, -0.25) is 9.69 Å². The minimum absolute atomic E-state index is 0.257. The molecule has 2 aliphatic rings. The van der Waals surface area contributed by atoms with Gasteiger partial charge in [0.15, 0.2) is 5.82 Å². The van der Waals surface area contributed by atoms with Gasteiger partial charge < -0.3 is 9.84 Å². The molecule has 24 heavy (non-hydrogen) atoms. The van der Waals surface area contributed by atoms with Crippen LogP contribution in [0.1, 0.15) is 70.0 Å². The van der Waals surface area contributed by atoms with Gasteiger partial charge in [-0.05, 0) is 32.1 Å². The van der Waals surface area contributed by atoms with E-state index in [4.69, 9.17) is 4.52 Å². The fourth-order valence-corrected chi connectivity index (χ4v) is 3.79. The molecule has 1 aliphatic heterocycles. The van der Waals surface area contributed by atoms with E-state index in [0.29, 0.717) is 11.9 Å². The van der Waals surface area contributed by atoms with Crippen LogP contribution < -0.4 is 5.32 Å². The summed E-state index contributed by atoms with van der Waals surface area (Å²) in [6.45, 7) is 4.78. The van der Waals surface area contributed by atoms with Gasteiger partial charge in [0, 0.05) is 31.5 Å². The number of amides is 1. The number of nitrogens with zero attached hydrogens (tertiary/aromatic N) is 3. The van der Waals surface area contributed by atoms with Crippen molar-refractivity contribution in [3.05, 3.63) is 11.7 Å². The fraction of sp³-hybridized carbons (Fsp3) is 0.833. The highest BCUT2D eigenvalue weighted by atomic mass is 16.5. The minimum atomic E-state index is 0.257. The summed E-state index contributed by atoms with van der Waals surface area (Å²) in [5, 5.41) is 7.28. The topological polar surface area (TPSA) is 71.3 Å². The average Bonchev–Trinajstić information content (AvgIpc) is 3.05. The van der Waals surface area contributed by atoms with Crippen LogP contribution in [-0.4, -0.2) is 40.1 Å². The minimum Gasteiger partial charge on any atom is -0.353 e. The van der Waals surface area contributed by atoms with Gasteiger partial charge in [-0.25, -0.2) is 0 Å². The molecule has 0 spiro atoms. The van der Waals surface area contributed by atoms with Crippen LogP contribution in [-0.2, 0) is 17.8 Å². The van der Waals surface area contributed by atoms with E-state index in [-0.39, 0.29) is 11.8 Å². The molecule has 6 heteroatoms. The van der Waals surface area contributed by atoms with Crippen molar-refractivity contribution < 1.29 is 9.32 Å². The highest BCUT2D eigenvalue weighted by Crippen LogP contribution is 2.24. The van der Waals surface area contributed by atoms with Gasteiger partial charge in [-0.15, -0.1) is 0 Å². The van der Waals surface area contributed by atoms with Gasteiger partial charge in [0.1, 0.15) is 0 Å². The molecule has 0 aromatic carbocycles. The summed E-state index contributed by atoms with van der Waals surface area (Å²) < 4.78 is 5.32. The summed E-state index contributed by atoms with van der Waals surface area (Å²) in [5.41, 5.74) is 0. The molecule has 6 nitrogen and oxygen atoms in total. The highest BCUT2D eigenvalue weighted by Gasteiger charge is 2.26. The number of carbonyl (C=O) groups excluding carboxylic acids is 1. The first-order chi connectivity index (χ1) is 11.7. The van der Waals surface area contributed by atoms with Crippen LogP contribution >= 0.6 is 0 Å². The SMILES string of the molecule is CCCc1noc(CN2CCC(NC(=O)C3CCCCC3)CC2)n1. The summed E-state index contributed by atoms with van der Waals surface area (Å²) in [6.07, 6.45) is 9.77. The Balaban J connectivity index is 1.39. The van der Waals surface area contributed by atoms with Crippen molar-refractivity contribution in [3.8, 4) is 0 Å². The molecule has 3 rings (SSSR count). The van der Waals surface area contributed by atoms with E-state index >= 15 is 0 Å². The van der Waals surface area contributed by atoms with Gasteiger partial charge in [-0.2, -0.15) is 4.98 Å². The zero-order chi connectivity index (χ0) is 16.8. The lowest BCUT2D eigenvalue weighted by Gasteiger charge is -2.32. The average molecular weight is 334 g/mol. The van der Waals surface area contributed by atoms with Crippen LogP contribution in [0.3, 0.4) is 0 Å². The Bertz CT molecular complexity index is 517. The highest BCUT2D eigenvalue weighted by molar-refractivity contribution is 5.79. The number of likely N-dealkylation sites (tertiary alicyclic amines) is 1. The number of rotatable bonds is 6. The predicted molar refractivity (Wildman–Crippen MR) is 91.3 cm³/mol. The summed E-state index contributed by atoms with van der Waals surface area (Å²) >= 11 is 0. The van der Waals surface area contributed by atoms with Crippen LogP contribution in [0.15, 0.2) is 4.52 Å². The molecule has 2 fully saturated rings. The molecule has 1 amide bonds. The monoisotopic (exact) mass is 334 g/mol. The number of nitrogens with one attached hydrogen (secondary N) is 1. The fourth-order valence-electron chi connectivity index (χ4n) is 3.79. The molecule has 1 saturated carbocycles. The lowest BCUT2D eigenvalue weighted by molar-refractivity contribution is -0.127. The second-order valence-electron chi connectivity index (χ2n) is 7.25. The molecule has 134 valence electrons. The Labute approximate surface area is 144 Å². The zero-order valence-corrected chi connectivity index (χ0v) is 14.8. The van der Waals surface area contributed by atoms with Crippen molar-refractivity contribution in [2.24, 2.45) is 5.92 Å². The molecular formula is C18H30N4O2. The normalized spacial score (nSPS) is 21.0. The van der Waals surface area contributed by atoms with E-state index in [0.717, 1.165) is 64.0 Å². The summed E-state index contributed by atoms with van der Waals surface area (Å²) in [7, 11) is 0. The second-order valence-corrected chi connectivity index (χ2v) is 7.25. The smallest absolute Gasteiger partial charge is 0.240 e. The van der Waals surface area contributed by atoms with Crippen molar-refractivity contribution in [2.45, 2.75) is 77.3 Å². The van der Waals surface area contributed by atoms with Crippen molar-refractivity contribution in [3.63, 3.8) is 0 Å². The summed E-state index contributed by atoms with van der Waals surface area (Å²) in [6, 6.07) is 0.328. The van der Waals surface area contributed by atoms with Crippen molar-refractivity contribution in [1.29, 1.82) is 0 Å². The predicted octanol–water partition coefficient (Wildman–Crippen LogP) is 2.68. The maximum Gasteiger partial charge on any atom is 0.240 e. The maximum atomic E-state index is 12.3. The van der Waals surface area contributed by atoms with Crippen LogP contribution in [0.2, 0.25) is 0 Å². The molecule has 1 aliphatic carbocycles. The van der Waals surface area contributed by atoms with E-state index in [1.807, 2.05) is 0 Å². The van der Waals surface area contributed by atoms with Crippen LogP contribution in [0.25, 0.3) is 0 Å². The third-order valence-electron chi connectivity index (χ3n) is 5.25. The van der Waals surface area contributed by atoms with E-state index in [9.17, 15) is 4.79 Å².